The number of morpholine rings is 1. The van der Waals surface area contributed by atoms with Crippen molar-refractivity contribution in [2.24, 2.45) is 0 Å². The fraction of sp³-hybridized carbons (Fsp3) is 0.467. The number of nitrogens with one attached hydrogen (secondary N) is 1. The Morgan fingerprint density at radius 1 is 1.50 bits per heavy atom. The number of carbonyl (C=O) groups excluding carboxylic acids is 1. The molecule has 0 spiro atoms. The first-order valence-corrected chi connectivity index (χ1v) is 6.73. The highest BCUT2D eigenvalue weighted by molar-refractivity contribution is 5.78. The minimum absolute atomic E-state index is 0.0217. The molecule has 1 fully saturated rings. The summed E-state index contributed by atoms with van der Waals surface area (Å²) in [6.45, 7) is 3.04. The van der Waals surface area contributed by atoms with Crippen LogP contribution in [0.2, 0.25) is 0 Å². The highest BCUT2D eigenvalue weighted by Crippen LogP contribution is 2.05. The van der Waals surface area contributed by atoms with Crippen LogP contribution in [0.5, 0.6) is 0 Å². The van der Waals surface area contributed by atoms with E-state index in [1.807, 2.05) is 19.2 Å². The monoisotopic (exact) mass is 273 g/mol. The zero-order valence-electron chi connectivity index (χ0n) is 11.6. The number of nitriles is 1. The topological polar surface area (TPSA) is 65.4 Å². The first-order chi connectivity index (χ1) is 9.67. The molecular formula is C15H19N3O2. The smallest absolute Gasteiger partial charge is 0.224 e. The van der Waals surface area contributed by atoms with Gasteiger partial charge in [0, 0.05) is 19.6 Å². The molecule has 1 aliphatic rings. The summed E-state index contributed by atoms with van der Waals surface area (Å²) >= 11 is 0. The lowest BCUT2D eigenvalue weighted by atomic mass is 10.1. The van der Waals surface area contributed by atoms with Crippen molar-refractivity contribution in [1.29, 1.82) is 5.26 Å². The number of hydrogen-bond donors (Lipinski definition) is 1. The van der Waals surface area contributed by atoms with Crippen molar-refractivity contribution >= 4 is 5.91 Å². The molecule has 1 aliphatic heterocycles. The van der Waals surface area contributed by atoms with Gasteiger partial charge in [0.15, 0.2) is 0 Å². The third-order valence-corrected chi connectivity index (χ3v) is 3.32. The average molecular weight is 273 g/mol. The van der Waals surface area contributed by atoms with Gasteiger partial charge in [-0.2, -0.15) is 5.26 Å². The summed E-state index contributed by atoms with van der Waals surface area (Å²) in [5.41, 5.74) is 1.51. The Labute approximate surface area is 119 Å². The molecule has 5 nitrogen and oxygen atoms in total. The molecular weight excluding hydrogens is 254 g/mol. The minimum atomic E-state index is -0.0217. The van der Waals surface area contributed by atoms with Crippen molar-refractivity contribution in [2.75, 3.05) is 33.3 Å². The zero-order chi connectivity index (χ0) is 14.4. The second-order valence-corrected chi connectivity index (χ2v) is 5.04. The standard InChI is InChI=1S/C15H19N3O2/c1-18-6-7-20-14(11-18)10-17-15(19)8-12-2-4-13(9-16)5-3-12/h2-5,14H,6-8,10-11H2,1H3,(H,17,19). The quantitative estimate of drug-likeness (QED) is 0.870. The van der Waals surface area contributed by atoms with Crippen LogP contribution in [0.3, 0.4) is 0 Å². The van der Waals surface area contributed by atoms with E-state index in [0.717, 1.165) is 18.7 Å². The van der Waals surface area contributed by atoms with Crippen LogP contribution in [0.1, 0.15) is 11.1 Å². The Balaban J connectivity index is 1.76. The molecule has 0 bridgehead atoms. The normalized spacial score (nSPS) is 19.3. The fourth-order valence-electron chi connectivity index (χ4n) is 2.16. The van der Waals surface area contributed by atoms with Crippen molar-refractivity contribution in [3.63, 3.8) is 0 Å². The van der Waals surface area contributed by atoms with Gasteiger partial charge in [-0.15, -0.1) is 0 Å². The van der Waals surface area contributed by atoms with Crippen molar-refractivity contribution in [1.82, 2.24) is 10.2 Å². The molecule has 5 heteroatoms. The van der Waals surface area contributed by atoms with Gasteiger partial charge in [-0.3, -0.25) is 4.79 Å². The second-order valence-electron chi connectivity index (χ2n) is 5.04. The van der Waals surface area contributed by atoms with Gasteiger partial charge in [-0.1, -0.05) is 12.1 Å². The van der Waals surface area contributed by atoms with Gasteiger partial charge in [-0.25, -0.2) is 0 Å². The van der Waals surface area contributed by atoms with Crippen LogP contribution >= 0.6 is 0 Å². The van der Waals surface area contributed by atoms with Crippen LogP contribution in [0.4, 0.5) is 0 Å². The Morgan fingerprint density at radius 3 is 2.90 bits per heavy atom. The molecule has 20 heavy (non-hydrogen) atoms. The van der Waals surface area contributed by atoms with E-state index in [2.05, 4.69) is 16.3 Å². The van der Waals surface area contributed by atoms with E-state index in [0.29, 0.717) is 25.1 Å². The van der Waals surface area contributed by atoms with Gasteiger partial charge in [0.05, 0.1) is 30.8 Å². The highest BCUT2D eigenvalue weighted by atomic mass is 16.5. The van der Waals surface area contributed by atoms with Gasteiger partial charge in [-0.05, 0) is 24.7 Å². The number of ether oxygens (including phenoxy) is 1. The third-order valence-electron chi connectivity index (χ3n) is 3.32. The van der Waals surface area contributed by atoms with Gasteiger partial charge in [0.1, 0.15) is 0 Å². The lowest BCUT2D eigenvalue weighted by Crippen LogP contribution is -2.46. The molecule has 1 heterocycles. The first kappa shape index (κ1) is 14.5. The lowest BCUT2D eigenvalue weighted by molar-refractivity contribution is -0.121. The molecule has 2 rings (SSSR count). The van der Waals surface area contributed by atoms with Gasteiger partial charge in [0.25, 0.3) is 0 Å². The van der Waals surface area contributed by atoms with Crippen LogP contribution in [0.25, 0.3) is 0 Å². The van der Waals surface area contributed by atoms with Crippen molar-refractivity contribution < 1.29 is 9.53 Å². The number of likely N-dealkylation sites (N-methyl/N-ethyl adjacent to an activating group) is 1. The molecule has 1 atom stereocenters. The molecule has 106 valence electrons. The molecule has 0 aliphatic carbocycles. The van der Waals surface area contributed by atoms with Crippen LogP contribution < -0.4 is 5.32 Å². The second kappa shape index (κ2) is 7.04. The summed E-state index contributed by atoms with van der Waals surface area (Å²) in [5, 5.41) is 11.6. The van der Waals surface area contributed by atoms with Crippen molar-refractivity contribution in [2.45, 2.75) is 12.5 Å². The lowest BCUT2D eigenvalue weighted by Gasteiger charge is -2.30. The Kier molecular flexibility index (Phi) is 5.10. The number of carbonyl (C=O) groups is 1. The zero-order valence-corrected chi connectivity index (χ0v) is 11.6. The van der Waals surface area contributed by atoms with Crippen LogP contribution in [-0.4, -0.2) is 50.2 Å². The number of amides is 1. The number of nitrogens with zero attached hydrogens (tertiary/aromatic N) is 2. The predicted molar refractivity (Wildman–Crippen MR) is 75.1 cm³/mol. The number of rotatable bonds is 4. The molecule has 1 aromatic carbocycles. The van der Waals surface area contributed by atoms with E-state index in [4.69, 9.17) is 10.00 Å². The summed E-state index contributed by atoms with van der Waals surface area (Å²) < 4.78 is 5.59. The third kappa shape index (κ3) is 4.34. The molecule has 1 unspecified atom stereocenters. The first-order valence-electron chi connectivity index (χ1n) is 6.73. The minimum Gasteiger partial charge on any atom is -0.374 e. The van der Waals surface area contributed by atoms with E-state index in [1.165, 1.54) is 0 Å². The largest absolute Gasteiger partial charge is 0.374 e. The maximum absolute atomic E-state index is 11.8. The SMILES string of the molecule is CN1CCOC(CNC(=O)Cc2ccc(C#N)cc2)C1. The summed E-state index contributed by atoms with van der Waals surface area (Å²) in [6.07, 6.45) is 0.396. The van der Waals surface area contributed by atoms with E-state index < -0.39 is 0 Å². The molecule has 1 amide bonds. The van der Waals surface area contributed by atoms with Crippen molar-refractivity contribution in [3.8, 4) is 6.07 Å². The molecule has 0 aromatic heterocycles. The molecule has 1 aromatic rings. The highest BCUT2D eigenvalue weighted by Gasteiger charge is 2.18. The van der Waals surface area contributed by atoms with Crippen LogP contribution in [-0.2, 0) is 16.0 Å². The molecule has 1 saturated heterocycles. The summed E-state index contributed by atoms with van der Waals surface area (Å²) in [5.74, 6) is -0.0217. The van der Waals surface area contributed by atoms with Gasteiger partial charge < -0.3 is 15.0 Å². The van der Waals surface area contributed by atoms with Gasteiger partial charge in [0.2, 0.25) is 5.91 Å². The van der Waals surface area contributed by atoms with Crippen LogP contribution in [0, 0.1) is 11.3 Å². The number of hydrogen-bond acceptors (Lipinski definition) is 4. The Bertz CT molecular complexity index is 493. The number of benzene rings is 1. The fourth-order valence-corrected chi connectivity index (χ4v) is 2.16. The summed E-state index contributed by atoms with van der Waals surface area (Å²) in [6, 6.07) is 9.12. The Hall–Kier alpha value is -1.90. The maximum atomic E-state index is 11.8. The summed E-state index contributed by atoms with van der Waals surface area (Å²) in [7, 11) is 2.05. The van der Waals surface area contributed by atoms with E-state index in [1.54, 1.807) is 12.1 Å². The van der Waals surface area contributed by atoms with Crippen molar-refractivity contribution in [3.05, 3.63) is 35.4 Å². The average Bonchev–Trinajstić information content (AvgIpc) is 2.46. The molecule has 0 radical (unpaired) electrons. The van der Waals surface area contributed by atoms with E-state index in [9.17, 15) is 4.79 Å². The molecule has 1 N–H and O–H groups in total. The van der Waals surface area contributed by atoms with Crippen LogP contribution in [0.15, 0.2) is 24.3 Å². The maximum Gasteiger partial charge on any atom is 0.224 e. The van der Waals surface area contributed by atoms with Gasteiger partial charge >= 0.3 is 0 Å². The predicted octanol–water partition coefficient (Wildman–Crippen LogP) is 0.548. The Morgan fingerprint density at radius 2 is 2.25 bits per heavy atom. The molecule has 0 saturated carbocycles. The summed E-state index contributed by atoms with van der Waals surface area (Å²) in [4.78, 5) is 14.0. The van der Waals surface area contributed by atoms with E-state index in [-0.39, 0.29) is 12.0 Å². The van der Waals surface area contributed by atoms with E-state index >= 15 is 0 Å².